The number of carbonyl (C=O) groups is 1. The first-order chi connectivity index (χ1) is 7.69. The summed E-state index contributed by atoms with van der Waals surface area (Å²) in [5, 5.41) is 10.7. The number of benzene rings is 1. The molecule has 0 unspecified atom stereocenters. The van der Waals surface area contributed by atoms with Gasteiger partial charge in [-0.3, -0.25) is 14.9 Å². The molecule has 4 heteroatoms. The SMILES string of the molecule is CCC/C=C/c1ccc(C=O)c([N+](=O)[O-])c1. The number of unbranched alkanes of at least 4 members (excludes halogenated alkanes) is 1. The molecule has 16 heavy (non-hydrogen) atoms. The lowest BCUT2D eigenvalue weighted by molar-refractivity contribution is -0.385. The average molecular weight is 219 g/mol. The van der Waals surface area contributed by atoms with Gasteiger partial charge in [0.25, 0.3) is 5.69 Å². The largest absolute Gasteiger partial charge is 0.298 e. The van der Waals surface area contributed by atoms with Gasteiger partial charge in [-0.15, -0.1) is 0 Å². The quantitative estimate of drug-likeness (QED) is 0.434. The molecule has 0 aromatic heterocycles. The predicted octanol–water partition coefficient (Wildman–Crippen LogP) is 3.22. The molecule has 0 fully saturated rings. The summed E-state index contributed by atoms with van der Waals surface area (Å²) in [6, 6.07) is 4.58. The molecule has 0 aliphatic rings. The lowest BCUT2D eigenvalue weighted by Gasteiger charge is -1.97. The second-order valence-corrected chi connectivity index (χ2v) is 3.38. The summed E-state index contributed by atoms with van der Waals surface area (Å²) < 4.78 is 0. The topological polar surface area (TPSA) is 60.2 Å². The van der Waals surface area contributed by atoms with Crippen molar-refractivity contribution in [3.63, 3.8) is 0 Å². The molecule has 0 saturated carbocycles. The predicted molar refractivity (Wildman–Crippen MR) is 62.4 cm³/mol. The van der Waals surface area contributed by atoms with Crippen LogP contribution in [0, 0.1) is 10.1 Å². The van der Waals surface area contributed by atoms with E-state index in [1.165, 1.54) is 12.1 Å². The molecule has 0 atom stereocenters. The minimum Gasteiger partial charge on any atom is -0.298 e. The van der Waals surface area contributed by atoms with Crippen molar-refractivity contribution in [2.24, 2.45) is 0 Å². The highest BCUT2D eigenvalue weighted by Gasteiger charge is 2.12. The Balaban J connectivity index is 3.02. The number of carbonyl (C=O) groups excluding carboxylic acids is 1. The van der Waals surface area contributed by atoms with Crippen LogP contribution in [0.1, 0.15) is 35.7 Å². The molecule has 0 aliphatic carbocycles. The van der Waals surface area contributed by atoms with Gasteiger partial charge >= 0.3 is 0 Å². The van der Waals surface area contributed by atoms with Crippen molar-refractivity contribution in [3.05, 3.63) is 45.5 Å². The van der Waals surface area contributed by atoms with Gasteiger partial charge in [-0.1, -0.05) is 31.6 Å². The summed E-state index contributed by atoms with van der Waals surface area (Å²) in [4.78, 5) is 20.7. The van der Waals surface area contributed by atoms with Gasteiger partial charge in [0.05, 0.1) is 10.5 Å². The average Bonchev–Trinajstić information content (AvgIpc) is 2.29. The lowest BCUT2D eigenvalue weighted by atomic mass is 10.1. The normalized spacial score (nSPS) is 10.6. The summed E-state index contributed by atoms with van der Waals surface area (Å²) in [7, 11) is 0. The Morgan fingerprint density at radius 2 is 2.19 bits per heavy atom. The summed E-state index contributed by atoms with van der Waals surface area (Å²) in [5.74, 6) is 0. The third-order valence-electron chi connectivity index (χ3n) is 2.14. The Hall–Kier alpha value is -1.97. The van der Waals surface area contributed by atoms with Crippen LogP contribution in [0.3, 0.4) is 0 Å². The Labute approximate surface area is 93.7 Å². The van der Waals surface area contributed by atoms with Crippen molar-refractivity contribution in [2.75, 3.05) is 0 Å². The molecule has 84 valence electrons. The van der Waals surface area contributed by atoms with E-state index in [2.05, 4.69) is 6.92 Å². The smallest absolute Gasteiger partial charge is 0.280 e. The fourth-order valence-electron chi connectivity index (χ4n) is 1.31. The van der Waals surface area contributed by atoms with Crippen LogP contribution >= 0.6 is 0 Å². The van der Waals surface area contributed by atoms with Crippen LogP contribution in [0.25, 0.3) is 6.08 Å². The lowest BCUT2D eigenvalue weighted by Crippen LogP contribution is -1.94. The fourth-order valence-corrected chi connectivity index (χ4v) is 1.31. The molecular formula is C12H13NO3. The van der Waals surface area contributed by atoms with Crippen LogP contribution in [0.2, 0.25) is 0 Å². The second-order valence-electron chi connectivity index (χ2n) is 3.38. The molecule has 0 heterocycles. The van der Waals surface area contributed by atoms with E-state index in [1.54, 1.807) is 6.07 Å². The zero-order valence-corrected chi connectivity index (χ0v) is 9.05. The van der Waals surface area contributed by atoms with E-state index in [0.29, 0.717) is 6.29 Å². The van der Waals surface area contributed by atoms with Crippen LogP contribution in [0.4, 0.5) is 5.69 Å². The van der Waals surface area contributed by atoms with Gasteiger partial charge in [-0.2, -0.15) is 0 Å². The summed E-state index contributed by atoms with van der Waals surface area (Å²) in [5.41, 5.74) is 0.706. The van der Waals surface area contributed by atoms with Crippen molar-refractivity contribution in [3.8, 4) is 0 Å². The molecule has 0 saturated heterocycles. The number of nitrogens with zero attached hydrogens (tertiary/aromatic N) is 1. The molecule has 0 bridgehead atoms. The molecule has 0 radical (unpaired) electrons. The van der Waals surface area contributed by atoms with E-state index >= 15 is 0 Å². The molecular weight excluding hydrogens is 206 g/mol. The number of hydrogen-bond acceptors (Lipinski definition) is 3. The van der Waals surface area contributed by atoms with E-state index in [1.807, 2.05) is 12.2 Å². The molecule has 0 N–H and O–H groups in total. The highest BCUT2D eigenvalue weighted by Crippen LogP contribution is 2.19. The highest BCUT2D eigenvalue weighted by atomic mass is 16.6. The summed E-state index contributed by atoms with van der Waals surface area (Å²) >= 11 is 0. The van der Waals surface area contributed by atoms with Gasteiger partial charge in [-0.25, -0.2) is 0 Å². The Kier molecular flexibility index (Phi) is 4.39. The summed E-state index contributed by atoms with van der Waals surface area (Å²) in [6.07, 6.45) is 6.25. The third-order valence-corrected chi connectivity index (χ3v) is 2.14. The number of hydrogen-bond donors (Lipinski definition) is 0. The van der Waals surface area contributed by atoms with Crippen LogP contribution in [-0.4, -0.2) is 11.2 Å². The van der Waals surface area contributed by atoms with E-state index in [9.17, 15) is 14.9 Å². The van der Waals surface area contributed by atoms with Gasteiger partial charge in [0.1, 0.15) is 0 Å². The minimum atomic E-state index is -0.541. The number of aldehydes is 1. The monoisotopic (exact) mass is 219 g/mol. The van der Waals surface area contributed by atoms with Crippen molar-refractivity contribution in [1.82, 2.24) is 0 Å². The first-order valence-electron chi connectivity index (χ1n) is 5.09. The number of nitro groups is 1. The van der Waals surface area contributed by atoms with Crippen molar-refractivity contribution < 1.29 is 9.72 Å². The van der Waals surface area contributed by atoms with Gasteiger partial charge in [0.15, 0.2) is 6.29 Å². The zero-order valence-electron chi connectivity index (χ0n) is 9.05. The van der Waals surface area contributed by atoms with E-state index in [4.69, 9.17) is 0 Å². The maximum Gasteiger partial charge on any atom is 0.280 e. The Bertz CT molecular complexity index is 424. The van der Waals surface area contributed by atoms with Crippen LogP contribution < -0.4 is 0 Å². The van der Waals surface area contributed by atoms with Gasteiger partial charge in [0.2, 0.25) is 0 Å². The minimum absolute atomic E-state index is 0.109. The Morgan fingerprint density at radius 1 is 1.44 bits per heavy atom. The molecule has 0 amide bonds. The first-order valence-corrected chi connectivity index (χ1v) is 5.09. The van der Waals surface area contributed by atoms with Crippen LogP contribution in [0.15, 0.2) is 24.3 Å². The molecule has 1 aromatic carbocycles. The molecule has 4 nitrogen and oxygen atoms in total. The van der Waals surface area contributed by atoms with Crippen molar-refractivity contribution >= 4 is 18.0 Å². The molecule has 1 aromatic rings. The van der Waals surface area contributed by atoms with Crippen LogP contribution in [0.5, 0.6) is 0 Å². The van der Waals surface area contributed by atoms with E-state index in [0.717, 1.165) is 18.4 Å². The van der Waals surface area contributed by atoms with Crippen LogP contribution in [-0.2, 0) is 0 Å². The molecule has 0 spiro atoms. The van der Waals surface area contributed by atoms with Crippen molar-refractivity contribution in [2.45, 2.75) is 19.8 Å². The number of allylic oxidation sites excluding steroid dienone is 1. The van der Waals surface area contributed by atoms with E-state index < -0.39 is 4.92 Å². The highest BCUT2D eigenvalue weighted by molar-refractivity contribution is 5.82. The number of rotatable bonds is 5. The van der Waals surface area contributed by atoms with Gasteiger partial charge in [-0.05, 0) is 18.1 Å². The van der Waals surface area contributed by atoms with Gasteiger partial charge in [0, 0.05) is 6.07 Å². The number of nitro benzene ring substituents is 1. The third kappa shape index (κ3) is 3.02. The zero-order chi connectivity index (χ0) is 12.0. The Morgan fingerprint density at radius 3 is 2.75 bits per heavy atom. The summed E-state index contributed by atoms with van der Waals surface area (Å²) in [6.45, 7) is 2.06. The van der Waals surface area contributed by atoms with Crippen molar-refractivity contribution in [1.29, 1.82) is 0 Å². The second kappa shape index (κ2) is 5.80. The van der Waals surface area contributed by atoms with E-state index in [-0.39, 0.29) is 11.3 Å². The standard InChI is InChI=1S/C12H13NO3/c1-2-3-4-5-10-6-7-11(9-14)12(8-10)13(15)16/h4-9H,2-3H2,1H3/b5-4+. The fraction of sp³-hybridized carbons (Fsp3) is 0.250. The maximum absolute atomic E-state index is 10.7. The first kappa shape index (κ1) is 12.1. The maximum atomic E-state index is 10.7. The molecule has 1 rings (SSSR count). The molecule has 0 aliphatic heterocycles. The van der Waals surface area contributed by atoms with Gasteiger partial charge < -0.3 is 0 Å².